The predicted octanol–water partition coefficient (Wildman–Crippen LogP) is 2.14. The molecular weight excluding hydrogens is 212 g/mol. The van der Waals surface area contributed by atoms with E-state index in [9.17, 15) is 0 Å². The van der Waals surface area contributed by atoms with Crippen LogP contribution in [0.3, 0.4) is 0 Å². The summed E-state index contributed by atoms with van der Waals surface area (Å²) in [6, 6.07) is 2.22. The smallest absolute Gasteiger partial charge is 0.0945 e. The van der Waals surface area contributed by atoms with E-state index in [0.29, 0.717) is 12.3 Å². The van der Waals surface area contributed by atoms with Crippen LogP contribution in [0, 0.1) is 17.2 Å². The molecule has 4 heteroatoms. The third-order valence-corrected chi connectivity index (χ3v) is 2.61. The van der Waals surface area contributed by atoms with Gasteiger partial charge in [-0.1, -0.05) is 13.8 Å². The maximum Gasteiger partial charge on any atom is 0.0945 e. The molecule has 0 aliphatic rings. The van der Waals surface area contributed by atoms with Crippen LogP contribution in [0.1, 0.15) is 26.7 Å². The normalized spacial score (nSPS) is 11.0. The summed E-state index contributed by atoms with van der Waals surface area (Å²) < 4.78 is 2.10. The largest absolute Gasteiger partial charge is 0.337 e. The molecule has 0 aliphatic heterocycles. The van der Waals surface area contributed by atoms with Gasteiger partial charge in [-0.05, 0) is 18.9 Å². The van der Waals surface area contributed by atoms with Crippen LogP contribution in [-0.4, -0.2) is 34.1 Å². The van der Waals surface area contributed by atoms with Gasteiger partial charge in [-0.15, -0.1) is 0 Å². The summed E-state index contributed by atoms with van der Waals surface area (Å²) in [6.45, 7) is 8.45. The molecule has 0 aromatic carbocycles. The molecule has 4 nitrogen and oxygen atoms in total. The molecule has 0 amide bonds. The predicted molar refractivity (Wildman–Crippen MR) is 68.4 cm³/mol. The number of imidazole rings is 1. The second-order valence-corrected chi connectivity index (χ2v) is 4.76. The highest BCUT2D eigenvalue weighted by Crippen LogP contribution is 2.02. The van der Waals surface area contributed by atoms with Crippen LogP contribution in [-0.2, 0) is 6.54 Å². The number of hydrogen-bond acceptors (Lipinski definition) is 3. The van der Waals surface area contributed by atoms with E-state index < -0.39 is 0 Å². The molecule has 0 saturated heterocycles. The summed E-state index contributed by atoms with van der Waals surface area (Å²) in [5, 5.41) is 8.64. The average Bonchev–Trinajstić information content (AvgIpc) is 2.78. The Kier molecular flexibility index (Phi) is 6.34. The van der Waals surface area contributed by atoms with E-state index in [1.807, 2.05) is 18.7 Å². The number of hydrogen-bond donors (Lipinski definition) is 0. The fraction of sp³-hybridized carbons (Fsp3) is 0.692. The third-order valence-electron chi connectivity index (χ3n) is 2.61. The average molecular weight is 234 g/mol. The molecular formula is C13H22N4. The van der Waals surface area contributed by atoms with Gasteiger partial charge in [0, 0.05) is 38.4 Å². The first-order valence-electron chi connectivity index (χ1n) is 6.27. The first kappa shape index (κ1) is 13.7. The molecule has 0 unspecified atom stereocenters. The third kappa shape index (κ3) is 6.08. The van der Waals surface area contributed by atoms with Crippen molar-refractivity contribution in [1.82, 2.24) is 14.5 Å². The summed E-state index contributed by atoms with van der Waals surface area (Å²) in [5.74, 6) is 0.655. The molecule has 0 N–H and O–H groups in total. The minimum absolute atomic E-state index is 0.623. The highest BCUT2D eigenvalue weighted by molar-refractivity contribution is 4.75. The van der Waals surface area contributed by atoms with Crippen molar-refractivity contribution in [2.45, 2.75) is 33.2 Å². The lowest BCUT2D eigenvalue weighted by atomic mass is 10.2. The van der Waals surface area contributed by atoms with Gasteiger partial charge in [-0.25, -0.2) is 4.98 Å². The maximum atomic E-state index is 8.64. The van der Waals surface area contributed by atoms with E-state index in [1.165, 1.54) is 0 Å². The van der Waals surface area contributed by atoms with Crippen LogP contribution in [0.25, 0.3) is 0 Å². The van der Waals surface area contributed by atoms with Crippen molar-refractivity contribution < 1.29 is 0 Å². The zero-order valence-corrected chi connectivity index (χ0v) is 10.8. The maximum absolute atomic E-state index is 8.64. The summed E-state index contributed by atoms with van der Waals surface area (Å²) >= 11 is 0. The Hall–Kier alpha value is -1.34. The Morgan fingerprint density at radius 2 is 2.24 bits per heavy atom. The number of nitriles is 1. The van der Waals surface area contributed by atoms with Gasteiger partial charge < -0.3 is 9.47 Å². The van der Waals surface area contributed by atoms with Crippen LogP contribution in [0.5, 0.6) is 0 Å². The molecule has 94 valence electrons. The SMILES string of the molecule is CC(C)CN(CCC#N)CCCn1ccnc1. The summed E-state index contributed by atoms with van der Waals surface area (Å²) in [4.78, 5) is 6.40. The highest BCUT2D eigenvalue weighted by Gasteiger charge is 2.06. The lowest BCUT2D eigenvalue weighted by molar-refractivity contribution is 0.242. The number of nitrogens with zero attached hydrogens (tertiary/aromatic N) is 4. The van der Waals surface area contributed by atoms with Crippen LogP contribution in [0.2, 0.25) is 0 Å². The van der Waals surface area contributed by atoms with Gasteiger partial charge in [-0.3, -0.25) is 0 Å². The van der Waals surface area contributed by atoms with E-state index >= 15 is 0 Å². The van der Waals surface area contributed by atoms with Crippen molar-refractivity contribution >= 4 is 0 Å². The number of aromatic nitrogens is 2. The lowest BCUT2D eigenvalue weighted by Crippen LogP contribution is -2.30. The molecule has 1 heterocycles. The molecule has 0 fully saturated rings. The van der Waals surface area contributed by atoms with Crippen LogP contribution in [0.15, 0.2) is 18.7 Å². The Morgan fingerprint density at radius 1 is 1.41 bits per heavy atom. The highest BCUT2D eigenvalue weighted by atomic mass is 15.1. The quantitative estimate of drug-likeness (QED) is 0.692. The number of rotatable bonds is 8. The summed E-state index contributed by atoms with van der Waals surface area (Å²) in [5.41, 5.74) is 0. The Labute approximate surface area is 104 Å². The van der Waals surface area contributed by atoms with Crippen molar-refractivity contribution in [2.24, 2.45) is 5.92 Å². The van der Waals surface area contributed by atoms with E-state index in [1.54, 1.807) is 0 Å². The lowest BCUT2D eigenvalue weighted by Gasteiger charge is -2.23. The fourth-order valence-electron chi connectivity index (χ4n) is 1.91. The van der Waals surface area contributed by atoms with Crippen molar-refractivity contribution in [1.29, 1.82) is 5.26 Å². The molecule has 0 saturated carbocycles. The molecule has 0 aliphatic carbocycles. The molecule has 0 radical (unpaired) electrons. The van der Waals surface area contributed by atoms with Gasteiger partial charge in [0.05, 0.1) is 12.4 Å². The zero-order valence-electron chi connectivity index (χ0n) is 10.8. The second-order valence-electron chi connectivity index (χ2n) is 4.76. The van der Waals surface area contributed by atoms with Gasteiger partial charge in [0.2, 0.25) is 0 Å². The Balaban J connectivity index is 2.25. The number of aryl methyl sites for hydroxylation is 1. The molecule has 17 heavy (non-hydrogen) atoms. The van der Waals surface area contributed by atoms with Gasteiger partial charge in [0.25, 0.3) is 0 Å². The van der Waals surface area contributed by atoms with Crippen LogP contribution < -0.4 is 0 Å². The first-order valence-corrected chi connectivity index (χ1v) is 6.27. The molecule has 1 rings (SSSR count). The molecule has 0 bridgehead atoms. The molecule has 0 atom stereocenters. The molecule has 1 aromatic rings. The summed E-state index contributed by atoms with van der Waals surface area (Å²) in [7, 11) is 0. The van der Waals surface area contributed by atoms with Crippen molar-refractivity contribution in [3.05, 3.63) is 18.7 Å². The minimum Gasteiger partial charge on any atom is -0.337 e. The topological polar surface area (TPSA) is 44.9 Å². The van der Waals surface area contributed by atoms with E-state index in [2.05, 4.69) is 34.4 Å². The molecule has 1 aromatic heterocycles. The first-order chi connectivity index (χ1) is 8.22. The van der Waals surface area contributed by atoms with Gasteiger partial charge in [-0.2, -0.15) is 5.26 Å². The monoisotopic (exact) mass is 234 g/mol. The van der Waals surface area contributed by atoms with E-state index in [-0.39, 0.29) is 0 Å². The fourth-order valence-corrected chi connectivity index (χ4v) is 1.91. The Morgan fingerprint density at radius 3 is 2.82 bits per heavy atom. The van der Waals surface area contributed by atoms with Crippen molar-refractivity contribution in [3.63, 3.8) is 0 Å². The minimum atomic E-state index is 0.623. The standard InChI is InChI=1S/C13H22N4/c1-13(2)11-16(7-3-5-14)8-4-9-17-10-6-15-12-17/h6,10,12-13H,3-4,7-9,11H2,1-2H3. The van der Waals surface area contributed by atoms with Crippen molar-refractivity contribution in [2.75, 3.05) is 19.6 Å². The van der Waals surface area contributed by atoms with E-state index in [0.717, 1.165) is 32.6 Å². The molecule has 0 spiro atoms. The summed E-state index contributed by atoms with van der Waals surface area (Å²) in [6.07, 6.45) is 7.37. The van der Waals surface area contributed by atoms with Crippen molar-refractivity contribution in [3.8, 4) is 6.07 Å². The van der Waals surface area contributed by atoms with Gasteiger partial charge >= 0.3 is 0 Å². The zero-order chi connectivity index (χ0) is 12.5. The van der Waals surface area contributed by atoms with Gasteiger partial charge in [0.15, 0.2) is 0 Å². The second kappa shape index (κ2) is 7.86. The van der Waals surface area contributed by atoms with Crippen LogP contribution in [0.4, 0.5) is 0 Å². The Bertz CT molecular complexity index is 324. The van der Waals surface area contributed by atoms with Crippen LogP contribution >= 0.6 is 0 Å². The van der Waals surface area contributed by atoms with E-state index in [4.69, 9.17) is 5.26 Å². The van der Waals surface area contributed by atoms with Gasteiger partial charge in [0.1, 0.15) is 0 Å².